The first-order chi connectivity index (χ1) is 9.16. The molecule has 0 bridgehead atoms. The SMILES string of the molecule is CN(CCc1ccncc1)C(=O)c1ccc(=O)[nH]c1. The van der Waals surface area contributed by atoms with E-state index in [2.05, 4.69) is 9.97 Å². The van der Waals surface area contributed by atoms with Crippen molar-refractivity contribution in [3.8, 4) is 0 Å². The van der Waals surface area contributed by atoms with Crippen LogP contribution in [0.15, 0.2) is 47.7 Å². The van der Waals surface area contributed by atoms with Crippen LogP contribution in [0.4, 0.5) is 0 Å². The summed E-state index contributed by atoms with van der Waals surface area (Å²) in [5.41, 5.74) is 1.41. The first-order valence-electron chi connectivity index (χ1n) is 6.00. The Morgan fingerprint density at radius 3 is 2.63 bits per heavy atom. The molecule has 0 unspecified atom stereocenters. The highest BCUT2D eigenvalue weighted by Gasteiger charge is 2.11. The lowest BCUT2D eigenvalue weighted by atomic mass is 10.2. The number of hydrogen-bond acceptors (Lipinski definition) is 3. The number of carbonyl (C=O) groups excluding carboxylic acids is 1. The minimum absolute atomic E-state index is 0.106. The summed E-state index contributed by atoms with van der Waals surface area (Å²) >= 11 is 0. The molecular weight excluding hydrogens is 242 g/mol. The molecule has 19 heavy (non-hydrogen) atoms. The molecule has 2 aromatic rings. The lowest BCUT2D eigenvalue weighted by molar-refractivity contribution is 0.0796. The average Bonchev–Trinajstić information content (AvgIpc) is 2.46. The van der Waals surface area contributed by atoms with Gasteiger partial charge in [0.05, 0.1) is 5.56 Å². The van der Waals surface area contributed by atoms with Crippen molar-refractivity contribution in [3.05, 3.63) is 64.3 Å². The summed E-state index contributed by atoms with van der Waals surface area (Å²) in [6.45, 7) is 0.613. The van der Waals surface area contributed by atoms with E-state index in [0.717, 1.165) is 12.0 Å². The number of hydrogen-bond donors (Lipinski definition) is 1. The van der Waals surface area contributed by atoms with E-state index in [0.29, 0.717) is 12.1 Å². The molecule has 0 saturated heterocycles. The minimum atomic E-state index is -0.212. The molecule has 1 amide bonds. The van der Waals surface area contributed by atoms with Gasteiger partial charge in [0.25, 0.3) is 5.91 Å². The topological polar surface area (TPSA) is 66.1 Å². The normalized spacial score (nSPS) is 10.2. The number of aromatic amines is 1. The van der Waals surface area contributed by atoms with Gasteiger partial charge in [-0.2, -0.15) is 0 Å². The zero-order valence-electron chi connectivity index (χ0n) is 10.7. The van der Waals surface area contributed by atoms with Crippen molar-refractivity contribution in [2.45, 2.75) is 6.42 Å². The summed E-state index contributed by atoms with van der Waals surface area (Å²) in [6.07, 6.45) is 5.68. The number of likely N-dealkylation sites (N-methyl/N-ethyl adjacent to an activating group) is 1. The monoisotopic (exact) mass is 257 g/mol. The Morgan fingerprint density at radius 1 is 1.26 bits per heavy atom. The van der Waals surface area contributed by atoms with E-state index in [9.17, 15) is 9.59 Å². The number of pyridine rings is 2. The van der Waals surface area contributed by atoms with Gasteiger partial charge in [-0.05, 0) is 30.2 Å². The van der Waals surface area contributed by atoms with E-state index in [1.54, 1.807) is 24.3 Å². The fraction of sp³-hybridized carbons (Fsp3) is 0.214. The second kappa shape index (κ2) is 5.95. The minimum Gasteiger partial charge on any atom is -0.341 e. The Labute approximate surface area is 110 Å². The first kappa shape index (κ1) is 13.0. The highest BCUT2D eigenvalue weighted by atomic mass is 16.2. The fourth-order valence-electron chi connectivity index (χ4n) is 1.71. The van der Waals surface area contributed by atoms with Gasteiger partial charge in [-0.25, -0.2) is 0 Å². The van der Waals surface area contributed by atoms with Gasteiger partial charge in [0, 0.05) is 38.2 Å². The third-order valence-electron chi connectivity index (χ3n) is 2.86. The third kappa shape index (κ3) is 3.51. The van der Waals surface area contributed by atoms with Crippen LogP contribution in [-0.4, -0.2) is 34.4 Å². The highest BCUT2D eigenvalue weighted by molar-refractivity contribution is 5.93. The molecule has 2 rings (SSSR count). The summed E-state index contributed by atoms with van der Waals surface area (Å²) < 4.78 is 0. The van der Waals surface area contributed by atoms with E-state index in [-0.39, 0.29) is 11.5 Å². The molecular formula is C14H15N3O2. The molecule has 0 atom stereocenters. The van der Waals surface area contributed by atoms with Crippen LogP contribution in [0.5, 0.6) is 0 Å². The largest absolute Gasteiger partial charge is 0.341 e. The molecule has 0 radical (unpaired) electrons. The van der Waals surface area contributed by atoms with Crippen molar-refractivity contribution in [2.24, 2.45) is 0 Å². The first-order valence-corrected chi connectivity index (χ1v) is 6.00. The van der Waals surface area contributed by atoms with Crippen molar-refractivity contribution < 1.29 is 4.79 Å². The third-order valence-corrected chi connectivity index (χ3v) is 2.86. The Balaban J connectivity index is 1.96. The Hall–Kier alpha value is -2.43. The maximum Gasteiger partial charge on any atom is 0.255 e. The molecule has 2 heterocycles. The van der Waals surface area contributed by atoms with Crippen LogP contribution in [0, 0.1) is 0 Å². The molecule has 0 aliphatic heterocycles. The van der Waals surface area contributed by atoms with Gasteiger partial charge in [0.2, 0.25) is 5.56 Å². The van der Waals surface area contributed by atoms with E-state index in [4.69, 9.17) is 0 Å². The van der Waals surface area contributed by atoms with Crippen LogP contribution >= 0.6 is 0 Å². The molecule has 0 aliphatic rings. The maximum absolute atomic E-state index is 12.1. The maximum atomic E-state index is 12.1. The number of nitrogens with zero attached hydrogens (tertiary/aromatic N) is 2. The quantitative estimate of drug-likeness (QED) is 0.891. The number of aromatic nitrogens is 2. The van der Waals surface area contributed by atoms with Crippen LogP contribution in [0.25, 0.3) is 0 Å². The standard InChI is InChI=1S/C14H15N3O2/c1-17(9-6-11-4-7-15-8-5-11)14(19)12-2-3-13(18)16-10-12/h2-5,7-8,10H,6,9H2,1H3,(H,16,18). The molecule has 0 aromatic carbocycles. The Bertz CT molecular complexity index is 587. The molecule has 0 fully saturated rings. The summed E-state index contributed by atoms with van der Waals surface area (Å²) in [5, 5.41) is 0. The lowest BCUT2D eigenvalue weighted by Crippen LogP contribution is -2.29. The molecule has 0 aliphatic carbocycles. The van der Waals surface area contributed by atoms with Gasteiger partial charge in [-0.3, -0.25) is 14.6 Å². The van der Waals surface area contributed by atoms with Crippen LogP contribution in [-0.2, 0) is 6.42 Å². The zero-order valence-corrected chi connectivity index (χ0v) is 10.7. The van der Waals surface area contributed by atoms with E-state index >= 15 is 0 Å². The molecule has 2 aromatic heterocycles. The van der Waals surface area contributed by atoms with Gasteiger partial charge < -0.3 is 9.88 Å². The predicted molar refractivity (Wildman–Crippen MR) is 72.0 cm³/mol. The van der Waals surface area contributed by atoms with Crippen molar-refractivity contribution in [2.75, 3.05) is 13.6 Å². The van der Waals surface area contributed by atoms with Gasteiger partial charge in [-0.1, -0.05) is 0 Å². The second-order valence-corrected chi connectivity index (χ2v) is 4.27. The van der Waals surface area contributed by atoms with Crippen LogP contribution in [0.2, 0.25) is 0 Å². The fourth-order valence-corrected chi connectivity index (χ4v) is 1.71. The van der Waals surface area contributed by atoms with Gasteiger partial charge in [0.1, 0.15) is 0 Å². The summed E-state index contributed by atoms with van der Waals surface area (Å²) in [7, 11) is 1.74. The molecule has 0 spiro atoms. The van der Waals surface area contributed by atoms with Crippen LogP contribution < -0.4 is 5.56 Å². The van der Waals surface area contributed by atoms with Crippen LogP contribution in [0.1, 0.15) is 15.9 Å². The molecule has 1 N–H and O–H groups in total. The van der Waals surface area contributed by atoms with Crippen LogP contribution in [0.3, 0.4) is 0 Å². The van der Waals surface area contributed by atoms with Gasteiger partial charge >= 0.3 is 0 Å². The molecule has 0 saturated carbocycles. The summed E-state index contributed by atoms with van der Waals surface area (Å²) in [5.74, 6) is -0.106. The van der Waals surface area contributed by atoms with E-state index in [1.807, 2.05) is 12.1 Å². The van der Waals surface area contributed by atoms with Gasteiger partial charge in [-0.15, -0.1) is 0 Å². The second-order valence-electron chi connectivity index (χ2n) is 4.27. The number of nitrogens with one attached hydrogen (secondary N) is 1. The molecule has 5 heteroatoms. The Morgan fingerprint density at radius 2 is 2.00 bits per heavy atom. The Kier molecular flexibility index (Phi) is 4.07. The summed E-state index contributed by atoms with van der Waals surface area (Å²) in [4.78, 5) is 31.1. The summed E-state index contributed by atoms with van der Waals surface area (Å²) in [6, 6.07) is 6.74. The average molecular weight is 257 g/mol. The number of H-pyrrole nitrogens is 1. The van der Waals surface area contributed by atoms with Crippen molar-refractivity contribution in [1.82, 2.24) is 14.9 Å². The number of carbonyl (C=O) groups is 1. The van der Waals surface area contributed by atoms with Gasteiger partial charge in [0.15, 0.2) is 0 Å². The molecule has 98 valence electrons. The van der Waals surface area contributed by atoms with E-state index < -0.39 is 0 Å². The number of rotatable bonds is 4. The lowest BCUT2D eigenvalue weighted by Gasteiger charge is -2.16. The highest BCUT2D eigenvalue weighted by Crippen LogP contribution is 2.03. The molecule has 5 nitrogen and oxygen atoms in total. The van der Waals surface area contributed by atoms with Crippen molar-refractivity contribution >= 4 is 5.91 Å². The van der Waals surface area contributed by atoms with Crippen molar-refractivity contribution in [1.29, 1.82) is 0 Å². The van der Waals surface area contributed by atoms with Crippen molar-refractivity contribution in [3.63, 3.8) is 0 Å². The predicted octanol–water partition coefficient (Wildman–Crippen LogP) is 1.08. The smallest absolute Gasteiger partial charge is 0.255 e. The zero-order chi connectivity index (χ0) is 13.7. The van der Waals surface area contributed by atoms with E-state index in [1.165, 1.54) is 18.3 Å². The number of amides is 1.